The van der Waals surface area contributed by atoms with E-state index in [4.69, 9.17) is 5.73 Å². The summed E-state index contributed by atoms with van der Waals surface area (Å²) < 4.78 is 41.0. The number of halogens is 3. The molecule has 3 heterocycles. The second-order valence-corrected chi connectivity index (χ2v) is 7.84. The maximum atomic E-state index is 13.5. The van der Waals surface area contributed by atoms with E-state index in [1.807, 2.05) is 29.7 Å². The lowest BCUT2D eigenvalue weighted by Gasteiger charge is -2.28. The summed E-state index contributed by atoms with van der Waals surface area (Å²) in [6, 6.07) is 11.1. The van der Waals surface area contributed by atoms with Crippen LogP contribution in [-0.2, 0) is 12.6 Å². The molecule has 32 heavy (non-hydrogen) atoms. The molecule has 1 unspecified atom stereocenters. The van der Waals surface area contributed by atoms with Gasteiger partial charge in [0.25, 0.3) is 5.91 Å². The molecule has 0 saturated heterocycles. The highest BCUT2D eigenvalue weighted by Gasteiger charge is 2.36. The first kappa shape index (κ1) is 20.3. The lowest BCUT2D eigenvalue weighted by atomic mass is 10.1. The Morgan fingerprint density at radius 3 is 2.75 bits per heavy atom. The van der Waals surface area contributed by atoms with Crippen LogP contribution in [0, 0.1) is 0 Å². The molecular formula is C23H20F3N5O. The van der Waals surface area contributed by atoms with Crippen LogP contribution < -0.4 is 5.73 Å². The summed E-state index contributed by atoms with van der Waals surface area (Å²) in [5.74, 6) is 0.217. The number of aryl methyl sites for hydroxylation is 1. The molecule has 2 N–H and O–H groups in total. The van der Waals surface area contributed by atoms with E-state index in [9.17, 15) is 18.0 Å². The number of hydrogen-bond donors (Lipinski definition) is 1. The highest BCUT2D eigenvalue weighted by atomic mass is 19.4. The lowest BCUT2D eigenvalue weighted by molar-refractivity contribution is -0.141. The number of aromatic nitrogens is 3. The minimum Gasteiger partial charge on any atom is -0.382 e. The molecule has 1 aromatic carbocycles. The van der Waals surface area contributed by atoms with Crippen LogP contribution in [0.3, 0.4) is 0 Å². The number of nitrogens with zero attached hydrogens (tertiary/aromatic N) is 4. The van der Waals surface area contributed by atoms with Crippen molar-refractivity contribution in [2.75, 3.05) is 12.3 Å². The van der Waals surface area contributed by atoms with Crippen molar-refractivity contribution in [3.05, 3.63) is 71.2 Å². The van der Waals surface area contributed by atoms with Crippen molar-refractivity contribution < 1.29 is 18.0 Å². The van der Waals surface area contributed by atoms with Gasteiger partial charge in [-0.2, -0.15) is 13.2 Å². The van der Waals surface area contributed by atoms with Crippen LogP contribution in [0.5, 0.6) is 0 Å². The minimum absolute atomic E-state index is 0.190. The van der Waals surface area contributed by atoms with Gasteiger partial charge in [-0.1, -0.05) is 6.07 Å². The number of carbonyl (C=O) groups excluding carboxylic acids is 1. The van der Waals surface area contributed by atoms with Crippen LogP contribution in [0.15, 0.2) is 48.7 Å². The number of hydrogen-bond acceptors (Lipinski definition) is 4. The molecule has 0 spiro atoms. The van der Waals surface area contributed by atoms with Gasteiger partial charge in [0.2, 0.25) is 0 Å². The van der Waals surface area contributed by atoms with E-state index in [0.29, 0.717) is 47.5 Å². The number of benzene rings is 1. The number of pyridine rings is 1. The fraction of sp³-hybridized carbons (Fsp3) is 0.261. The second-order valence-electron chi connectivity index (χ2n) is 7.84. The van der Waals surface area contributed by atoms with Crippen molar-refractivity contribution in [1.82, 2.24) is 19.3 Å². The molecule has 3 aromatic heterocycles. The molecular weight excluding hydrogens is 419 g/mol. The molecule has 6 nitrogen and oxygen atoms in total. The van der Waals surface area contributed by atoms with Crippen molar-refractivity contribution in [2.24, 2.45) is 0 Å². The van der Waals surface area contributed by atoms with Crippen molar-refractivity contribution in [3.63, 3.8) is 0 Å². The van der Waals surface area contributed by atoms with Gasteiger partial charge in [-0.3, -0.25) is 4.79 Å². The molecule has 1 aliphatic rings. The Labute approximate surface area is 181 Å². The van der Waals surface area contributed by atoms with Crippen LogP contribution in [0.2, 0.25) is 0 Å². The van der Waals surface area contributed by atoms with E-state index in [2.05, 4.69) is 9.97 Å². The van der Waals surface area contributed by atoms with Gasteiger partial charge in [0, 0.05) is 24.0 Å². The number of amides is 1. The number of carbonyl (C=O) groups is 1. The van der Waals surface area contributed by atoms with E-state index < -0.39 is 11.9 Å². The Bertz CT molecular complexity index is 1360. The average Bonchev–Trinajstić information content (AvgIpc) is 3.41. The predicted molar refractivity (Wildman–Crippen MR) is 114 cm³/mol. The first-order chi connectivity index (χ1) is 15.3. The Balaban J connectivity index is 1.52. The van der Waals surface area contributed by atoms with Crippen molar-refractivity contribution in [2.45, 2.75) is 32.0 Å². The molecule has 164 valence electrons. The summed E-state index contributed by atoms with van der Waals surface area (Å²) in [5, 5.41) is 0. The van der Waals surface area contributed by atoms with Gasteiger partial charge < -0.3 is 15.0 Å². The third kappa shape index (κ3) is 3.16. The van der Waals surface area contributed by atoms with E-state index in [-0.39, 0.29) is 11.9 Å². The quantitative estimate of drug-likeness (QED) is 0.505. The van der Waals surface area contributed by atoms with E-state index in [1.165, 1.54) is 6.07 Å². The minimum atomic E-state index is -4.49. The van der Waals surface area contributed by atoms with Gasteiger partial charge in [0.15, 0.2) is 0 Å². The van der Waals surface area contributed by atoms with Gasteiger partial charge in [0.1, 0.15) is 11.5 Å². The molecule has 9 heteroatoms. The number of fused-ring (bicyclic) bond motifs is 4. The normalized spacial score (nSPS) is 15.9. The summed E-state index contributed by atoms with van der Waals surface area (Å²) >= 11 is 0. The molecule has 1 aliphatic carbocycles. The number of nitrogen functional groups attached to an aromatic ring is 1. The van der Waals surface area contributed by atoms with Crippen molar-refractivity contribution >= 4 is 28.3 Å². The second kappa shape index (κ2) is 7.22. The third-order valence-electron chi connectivity index (χ3n) is 6.03. The zero-order chi connectivity index (χ0) is 22.6. The molecule has 0 radical (unpaired) electrons. The van der Waals surface area contributed by atoms with Gasteiger partial charge >= 0.3 is 6.18 Å². The Morgan fingerprint density at radius 1 is 1.19 bits per heavy atom. The summed E-state index contributed by atoms with van der Waals surface area (Å²) in [5.41, 5.74) is 8.86. The SMILES string of the molecule is CCN(C(=O)c1ccc2nc(N)c3cccn3c2c1)C1CCc2nc(C(F)(F)F)ccc21. The zero-order valence-corrected chi connectivity index (χ0v) is 17.2. The van der Waals surface area contributed by atoms with Crippen LogP contribution in [-0.4, -0.2) is 31.7 Å². The summed E-state index contributed by atoms with van der Waals surface area (Å²) in [7, 11) is 0. The zero-order valence-electron chi connectivity index (χ0n) is 17.2. The van der Waals surface area contributed by atoms with Crippen molar-refractivity contribution in [1.29, 1.82) is 0 Å². The molecule has 5 rings (SSSR count). The first-order valence-corrected chi connectivity index (χ1v) is 10.3. The fourth-order valence-electron chi connectivity index (χ4n) is 4.53. The molecule has 1 amide bonds. The van der Waals surface area contributed by atoms with Crippen LogP contribution in [0.1, 0.15) is 46.7 Å². The maximum Gasteiger partial charge on any atom is 0.433 e. The van der Waals surface area contributed by atoms with Gasteiger partial charge in [-0.15, -0.1) is 0 Å². The van der Waals surface area contributed by atoms with Gasteiger partial charge in [-0.25, -0.2) is 9.97 Å². The number of nitrogens with two attached hydrogens (primary N) is 1. The highest BCUT2D eigenvalue weighted by Crippen LogP contribution is 2.38. The third-order valence-corrected chi connectivity index (χ3v) is 6.03. The molecule has 0 bridgehead atoms. The smallest absolute Gasteiger partial charge is 0.382 e. The lowest BCUT2D eigenvalue weighted by Crippen LogP contribution is -2.34. The molecule has 0 saturated carbocycles. The fourth-order valence-corrected chi connectivity index (χ4v) is 4.53. The Kier molecular flexibility index (Phi) is 4.58. The average molecular weight is 439 g/mol. The number of anilines is 1. The summed E-state index contributed by atoms with van der Waals surface area (Å²) in [6.07, 6.45) is -1.69. The van der Waals surface area contributed by atoms with E-state index in [1.54, 1.807) is 23.1 Å². The molecule has 1 atom stereocenters. The van der Waals surface area contributed by atoms with Gasteiger partial charge in [0.05, 0.1) is 22.6 Å². The monoisotopic (exact) mass is 439 g/mol. The number of alkyl halides is 3. The molecule has 0 fully saturated rings. The first-order valence-electron chi connectivity index (χ1n) is 10.3. The summed E-state index contributed by atoms with van der Waals surface area (Å²) in [6.45, 7) is 2.28. The van der Waals surface area contributed by atoms with Gasteiger partial charge in [-0.05, 0) is 61.7 Å². The predicted octanol–water partition coefficient (Wildman–Crippen LogP) is 4.63. The Hall–Kier alpha value is -3.62. The van der Waals surface area contributed by atoms with Crippen molar-refractivity contribution in [3.8, 4) is 0 Å². The standard InChI is InChI=1S/C23H20F3N5O/c1-2-30(17-9-8-15-14(17)6-10-20(28-15)23(24,25)26)22(32)13-5-7-16-19(12-13)31-11-3-4-18(31)21(27)29-16/h3-7,10-12,17H,2,8-9H2,1H3,(H2,27,29). The molecule has 0 aliphatic heterocycles. The topological polar surface area (TPSA) is 76.5 Å². The number of rotatable bonds is 3. The molecule has 4 aromatic rings. The Morgan fingerprint density at radius 2 is 2.00 bits per heavy atom. The summed E-state index contributed by atoms with van der Waals surface area (Å²) in [4.78, 5) is 23.4. The van der Waals surface area contributed by atoms with E-state index >= 15 is 0 Å². The van der Waals surface area contributed by atoms with Crippen LogP contribution in [0.25, 0.3) is 16.6 Å². The van der Waals surface area contributed by atoms with Crippen LogP contribution in [0.4, 0.5) is 19.0 Å². The van der Waals surface area contributed by atoms with E-state index in [0.717, 1.165) is 17.1 Å². The maximum absolute atomic E-state index is 13.5. The largest absolute Gasteiger partial charge is 0.433 e. The van der Waals surface area contributed by atoms with Crippen LogP contribution >= 0.6 is 0 Å². The highest BCUT2D eigenvalue weighted by molar-refractivity contribution is 5.98.